The van der Waals surface area contributed by atoms with Gasteiger partial charge in [-0.15, -0.1) is 0 Å². The van der Waals surface area contributed by atoms with Crippen molar-refractivity contribution in [3.8, 4) is 5.75 Å². The van der Waals surface area contributed by atoms with Crippen molar-refractivity contribution in [2.24, 2.45) is 0 Å². The second kappa shape index (κ2) is 3.21. The normalized spacial score (nSPS) is 17.3. The fourth-order valence-electron chi connectivity index (χ4n) is 1.60. The van der Waals surface area contributed by atoms with Gasteiger partial charge in [0.15, 0.2) is 0 Å². The lowest BCUT2D eigenvalue weighted by Gasteiger charge is -2.07. The molecule has 0 saturated carbocycles. The summed E-state index contributed by atoms with van der Waals surface area (Å²) in [4.78, 5) is 11.8. The van der Waals surface area contributed by atoms with E-state index in [4.69, 9.17) is 14.6 Å². The first kappa shape index (κ1) is 5.90. The van der Waals surface area contributed by atoms with Crippen molar-refractivity contribution >= 4 is 11.6 Å². The number of benzene rings is 1. The number of hydrogen-bond donors (Lipinski definition) is 2. The number of rotatable bonds is 1. The maximum absolute atomic E-state index is 11.8. The molecule has 1 aromatic carbocycles. The molecule has 74 valence electrons. The molecule has 0 aliphatic carbocycles. The molecule has 2 rings (SSSR count). The van der Waals surface area contributed by atoms with Crippen molar-refractivity contribution in [1.29, 1.82) is 0 Å². The highest BCUT2D eigenvalue weighted by Crippen LogP contribution is 2.34. The molecule has 3 N–H and O–H groups in total. The zero-order valence-electron chi connectivity index (χ0n) is 10.5. The fourth-order valence-corrected chi connectivity index (χ4v) is 1.60. The number of nitrogen functional groups attached to an aromatic ring is 1. The van der Waals surface area contributed by atoms with Crippen LogP contribution in [-0.2, 0) is 6.42 Å². The molecule has 4 heteroatoms. The first-order valence-electron chi connectivity index (χ1n) is 5.75. The standard InChI is InChI=1S/C10H12N2O2/c1-12-10(13)7-2-3-8(11)9-6(7)4-5-14-9/h2-3H,4-5,11H2,1H3,(H,12,13)/i1D3. The van der Waals surface area contributed by atoms with Gasteiger partial charge in [-0.05, 0) is 12.1 Å². The van der Waals surface area contributed by atoms with Crippen molar-refractivity contribution in [3.63, 3.8) is 0 Å². The van der Waals surface area contributed by atoms with Gasteiger partial charge in [0.05, 0.1) is 12.3 Å². The van der Waals surface area contributed by atoms with Crippen molar-refractivity contribution in [2.45, 2.75) is 6.42 Å². The zero-order valence-corrected chi connectivity index (χ0v) is 7.46. The van der Waals surface area contributed by atoms with Crippen LogP contribution in [0.5, 0.6) is 5.75 Å². The number of fused-ring (bicyclic) bond motifs is 1. The van der Waals surface area contributed by atoms with Crippen LogP contribution in [0.25, 0.3) is 0 Å². The molecular formula is C10H12N2O2. The molecule has 4 nitrogen and oxygen atoms in total. The SMILES string of the molecule is [2H]C([2H])([2H])NC(=O)c1ccc(N)c2c1CCO2. The molecule has 0 fully saturated rings. The lowest BCUT2D eigenvalue weighted by atomic mass is 10.0. The summed E-state index contributed by atoms with van der Waals surface area (Å²) >= 11 is 0. The summed E-state index contributed by atoms with van der Waals surface area (Å²) in [7, 11) is 0. The molecule has 0 saturated heterocycles. The van der Waals surface area contributed by atoms with Crippen molar-refractivity contribution in [2.75, 3.05) is 19.3 Å². The van der Waals surface area contributed by atoms with E-state index in [1.807, 2.05) is 5.32 Å². The summed E-state index contributed by atoms with van der Waals surface area (Å²) in [5, 5.41) is 1.95. The molecule has 0 spiro atoms. The van der Waals surface area contributed by atoms with Crippen LogP contribution in [0.1, 0.15) is 20.0 Å². The third-order valence-electron chi connectivity index (χ3n) is 2.25. The summed E-state index contributed by atoms with van der Waals surface area (Å²) in [6.45, 7) is -2.04. The number of nitrogens with two attached hydrogens (primary N) is 1. The number of amides is 1. The Morgan fingerprint density at radius 2 is 2.57 bits per heavy atom. The molecular weight excluding hydrogens is 180 g/mol. The van der Waals surface area contributed by atoms with Gasteiger partial charge in [-0.25, -0.2) is 0 Å². The molecule has 0 aromatic heterocycles. The molecule has 1 heterocycles. The smallest absolute Gasteiger partial charge is 0.251 e. The first-order valence-corrected chi connectivity index (χ1v) is 4.25. The largest absolute Gasteiger partial charge is 0.491 e. The molecule has 1 aliphatic heterocycles. The summed E-state index contributed by atoms with van der Waals surface area (Å²) < 4.78 is 26.3. The molecule has 1 amide bonds. The third kappa shape index (κ3) is 1.19. The molecule has 0 radical (unpaired) electrons. The maximum atomic E-state index is 11.8. The van der Waals surface area contributed by atoms with E-state index in [9.17, 15) is 4.79 Å². The highest BCUT2D eigenvalue weighted by molar-refractivity contribution is 5.97. The van der Waals surface area contributed by atoms with Gasteiger partial charge >= 0.3 is 0 Å². The van der Waals surface area contributed by atoms with Crippen LogP contribution in [0.2, 0.25) is 0 Å². The lowest BCUT2D eigenvalue weighted by molar-refractivity contribution is 0.0962. The minimum atomic E-state index is -2.50. The molecule has 1 aliphatic rings. The highest BCUT2D eigenvalue weighted by atomic mass is 16.5. The summed E-state index contributed by atoms with van der Waals surface area (Å²) in [6, 6.07) is 3.06. The lowest BCUT2D eigenvalue weighted by Crippen LogP contribution is -2.19. The van der Waals surface area contributed by atoms with E-state index in [-0.39, 0.29) is 0 Å². The predicted molar refractivity (Wildman–Crippen MR) is 53.4 cm³/mol. The van der Waals surface area contributed by atoms with E-state index < -0.39 is 12.9 Å². The molecule has 1 aromatic rings. The van der Waals surface area contributed by atoms with Crippen molar-refractivity contribution in [1.82, 2.24) is 5.32 Å². The average molecular weight is 195 g/mol. The Morgan fingerprint density at radius 3 is 3.36 bits per heavy atom. The van der Waals surface area contributed by atoms with Crippen LogP contribution < -0.4 is 15.8 Å². The van der Waals surface area contributed by atoms with Gasteiger partial charge in [0.2, 0.25) is 0 Å². The van der Waals surface area contributed by atoms with Crippen molar-refractivity contribution in [3.05, 3.63) is 23.3 Å². The van der Waals surface area contributed by atoms with E-state index in [0.29, 0.717) is 35.6 Å². The summed E-state index contributed by atoms with van der Waals surface area (Å²) in [5.74, 6) is -0.144. The van der Waals surface area contributed by atoms with E-state index in [2.05, 4.69) is 0 Å². The number of carbonyl (C=O) groups excluding carboxylic acids is 1. The van der Waals surface area contributed by atoms with Crippen LogP contribution in [0.15, 0.2) is 12.1 Å². The average Bonchev–Trinajstić information content (AvgIpc) is 2.64. The fraction of sp³-hybridized carbons (Fsp3) is 0.300. The van der Waals surface area contributed by atoms with Gasteiger partial charge in [0.25, 0.3) is 5.91 Å². The summed E-state index contributed by atoms with van der Waals surface area (Å²) in [6.07, 6.45) is 0.560. The molecule has 14 heavy (non-hydrogen) atoms. The quantitative estimate of drug-likeness (QED) is 0.644. The molecule has 0 atom stereocenters. The van der Waals surface area contributed by atoms with E-state index in [1.54, 1.807) is 6.07 Å². The van der Waals surface area contributed by atoms with Gasteiger partial charge < -0.3 is 15.8 Å². The van der Waals surface area contributed by atoms with Gasteiger partial charge in [-0.2, -0.15) is 0 Å². The van der Waals surface area contributed by atoms with E-state index >= 15 is 0 Å². The van der Waals surface area contributed by atoms with Crippen LogP contribution in [0.3, 0.4) is 0 Å². The Bertz CT molecular complexity index is 471. The minimum Gasteiger partial charge on any atom is -0.491 e. The predicted octanol–water partition coefficient (Wildman–Crippen LogP) is 0.563. The number of hydrogen-bond acceptors (Lipinski definition) is 3. The van der Waals surface area contributed by atoms with Crippen LogP contribution in [0, 0.1) is 0 Å². The Balaban J connectivity index is 2.34. The number of ether oxygens (including phenoxy) is 1. The van der Waals surface area contributed by atoms with Gasteiger partial charge in [0, 0.05) is 28.6 Å². The van der Waals surface area contributed by atoms with Gasteiger partial charge in [-0.3, -0.25) is 4.79 Å². The second-order valence-electron chi connectivity index (χ2n) is 3.06. The Kier molecular flexibility index (Phi) is 1.35. The highest BCUT2D eigenvalue weighted by Gasteiger charge is 2.21. The number of carbonyl (C=O) groups is 1. The number of anilines is 1. The molecule has 0 unspecified atom stereocenters. The number of nitrogens with one attached hydrogen (secondary N) is 1. The monoisotopic (exact) mass is 195 g/mol. The Labute approximate surface area is 86.3 Å². The van der Waals surface area contributed by atoms with Gasteiger partial charge in [0.1, 0.15) is 5.75 Å². The Morgan fingerprint density at radius 1 is 1.71 bits per heavy atom. The maximum Gasteiger partial charge on any atom is 0.251 e. The van der Waals surface area contributed by atoms with Crippen LogP contribution in [0.4, 0.5) is 5.69 Å². The zero-order chi connectivity index (χ0) is 12.6. The second-order valence-corrected chi connectivity index (χ2v) is 3.06. The van der Waals surface area contributed by atoms with E-state index in [0.717, 1.165) is 0 Å². The van der Waals surface area contributed by atoms with Crippen molar-refractivity contribution < 1.29 is 13.6 Å². The third-order valence-corrected chi connectivity index (χ3v) is 2.25. The first-order chi connectivity index (χ1) is 7.88. The van der Waals surface area contributed by atoms with Crippen LogP contribution in [-0.4, -0.2) is 19.5 Å². The molecule has 0 bridgehead atoms. The van der Waals surface area contributed by atoms with E-state index in [1.165, 1.54) is 6.07 Å². The Hall–Kier alpha value is -1.71. The summed E-state index contributed by atoms with van der Waals surface area (Å²) in [5.41, 5.74) is 7.14. The topological polar surface area (TPSA) is 64.4 Å². The van der Waals surface area contributed by atoms with Crippen LogP contribution >= 0.6 is 0 Å². The van der Waals surface area contributed by atoms with Gasteiger partial charge in [-0.1, -0.05) is 0 Å². The minimum absolute atomic E-state index is 0.308.